The summed E-state index contributed by atoms with van der Waals surface area (Å²) >= 11 is 3.35. The van der Waals surface area contributed by atoms with E-state index in [4.69, 9.17) is 9.47 Å². The molecule has 0 radical (unpaired) electrons. The lowest BCUT2D eigenvalue weighted by atomic mass is 10.1. The van der Waals surface area contributed by atoms with E-state index in [-0.39, 0.29) is 11.8 Å². The zero-order valence-corrected chi connectivity index (χ0v) is 21.1. The summed E-state index contributed by atoms with van der Waals surface area (Å²) in [7, 11) is 3.11. The molecule has 7 nitrogen and oxygen atoms in total. The Balaban J connectivity index is 1.32. The van der Waals surface area contributed by atoms with Crippen molar-refractivity contribution in [1.82, 2.24) is 14.8 Å². The van der Waals surface area contributed by atoms with E-state index in [1.807, 2.05) is 36.6 Å². The minimum absolute atomic E-state index is 0.0103. The number of aryl methyl sites for hydroxylation is 1. The smallest absolute Gasteiger partial charge is 0.257 e. The number of carbonyl (C=O) groups is 2. The maximum Gasteiger partial charge on any atom is 0.257 e. The van der Waals surface area contributed by atoms with Crippen molar-refractivity contribution in [2.45, 2.75) is 17.0 Å². The van der Waals surface area contributed by atoms with Crippen molar-refractivity contribution in [2.75, 3.05) is 40.4 Å². The quantitative estimate of drug-likeness (QED) is 0.452. The fourth-order valence-corrected chi connectivity index (χ4v) is 5.53. The lowest BCUT2D eigenvalue weighted by molar-refractivity contribution is 0.0533. The van der Waals surface area contributed by atoms with E-state index in [0.717, 1.165) is 21.3 Å². The van der Waals surface area contributed by atoms with Gasteiger partial charge in [0, 0.05) is 54.6 Å². The van der Waals surface area contributed by atoms with Gasteiger partial charge in [0.25, 0.3) is 11.8 Å². The molecule has 0 N–H and O–H groups in total. The predicted octanol–water partition coefficient (Wildman–Crippen LogP) is 4.36. The Kier molecular flexibility index (Phi) is 7.74. The molecule has 0 spiro atoms. The Bertz CT molecular complexity index is 1160. The van der Waals surface area contributed by atoms with Crippen LogP contribution in [-0.2, 0) is 5.75 Å². The molecule has 34 heavy (non-hydrogen) atoms. The zero-order chi connectivity index (χ0) is 24.1. The molecule has 2 amide bonds. The highest BCUT2D eigenvalue weighted by atomic mass is 32.2. The van der Waals surface area contributed by atoms with Crippen LogP contribution in [0.15, 0.2) is 52.2 Å². The molecule has 0 bridgehead atoms. The normalized spacial score (nSPS) is 13.6. The van der Waals surface area contributed by atoms with Crippen molar-refractivity contribution >= 4 is 34.9 Å². The third kappa shape index (κ3) is 5.53. The first-order valence-electron chi connectivity index (χ1n) is 10.9. The highest BCUT2D eigenvalue weighted by Gasteiger charge is 2.27. The lowest BCUT2D eigenvalue weighted by Gasteiger charge is -2.35. The monoisotopic (exact) mass is 497 g/mol. The second-order valence-corrected chi connectivity index (χ2v) is 9.97. The number of carbonyl (C=O) groups excluding carboxylic acids is 2. The summed E-state index contributed by atoms with van der Waals surface area (Å²) in [4.78, 5) is 34.0. The zero-order valence-electron chi connectivity index (χ0n) is 19.4. The third-order valence-corrected chi connectivity index (χ3v) is 7.86. The van der Waals surface area contributed by atoms with Gasteiger partial charge in [-0.15, -0.1) is 11.3 Å². The van der Waals surface area contributed by atoms with Gasteiger partial charge in [-0.25, -0.2) is 4.98 Å². The van der Waals surface area contributed by atoms with Gasteiger partial charge in [0.1, 0.15) is 15.8 Å². The molecule has 0 saturated carbocycles. The molecule has 0 atom stereocenters. The number of nitrogens with zero attached hydrogens (tertiary/aromatic N) is 3. The summed E-state index contributed by atoms with van der Waals surface area (Å²) in [6.45, 7) is 3.92. The van der Waals surface area contributed by atoms with Gasteiger partial charge in [-0.2, -0.15) is 0 Å². The van der Waals surface area contributed by atoms with Crippen LogP contribution in [0.25, 0.3) is 0 Å². The topological polar surface area (TPSA) is 72.0 Å². The van der Waals surface area contributed by atoms with Crippen LogP contribution in [0.4, 0.5) is 0 Å². The summed E-state index contributed by atoms with van der Waals surface area (Å²) in [5.74, 6) is 1.81. The molecule has 1 aliphatic rings. The Morgan fingerprint density at radius 2 is 1.65 bits per heavy atom. The molecular weight excluding hydrogens is 470 g/mol. The average molecular weight is 498 g/mol. The number of thiazole rings is 1. The van der Waals surface area contributed by atoms with Crippen molar-refractivity contribution in [3.05, 3.63) is 70.2 Å². The molecule has 4 rings (SSSR count). The van der Waals surface area contributed by atoms with Crippen molar-refractivity contribution < 1.29 is 19.1 Å². The number of aromatic nitrogens is 1. The highest BCUT2D eigenvalue weighted by Crippen LogP contribution is 2.27. The van der Waals surface area contributed by atoms with Crippen molar-refractivity contribution in [3.63, 3.8) is 0 Å². The summed E-state index contributed by atoms with van der Waals surface area (Å²) in [6, 6.07) is 12.9. The molecule has 1 aliphatic heterocycles. The number of thioether (sulfide) groups is 1. The van der Waals surface area contributed by atoms with E-state index in [2.05, 4.69) is 4.98 Å². The average Bonchev–Trinajstić information content (AvgIpc) is 3.31. The molecule has 0 unspecified atom stereocenters. The fraction of sp³-hybridized carbons (Fsp3) is 0.320. The van der Waals surface area contributed by atoms with E-state index in [1.54, 1.807) is 58.2 Å². The van der Waals surface area contributed by atoms with Gasteiger partial charge in [-0.05, 0) is 36.8 Å². The largest absolute Gasteiger partial charge is 0.497 e. The molecule has 178 valence electrons. The number of hydrogen-bond acceptors (Lipinski definition) is 7. The van der Waals surface area contributed by atoms with E-state index in [1.165, 1.54) is 7.11 Å². The predicted molar refractivity (Wildman–Crippen MR) is 134 cm³/mol. The first kappa shape index (κ1) is 24.1. The Morgan fingerprint density at radius 1 is 0.971 bits per heavy atom. The van der Waals surface area contributed by atoms with Crippen molar-refractivity contribution in [2.24, 2.45) is 0 Å². The Morgan fingerprint density at radius 3 is 2.24 bits per heavy atom. The van der Waals surface area contributed by atoms with Gasteiger partial charge < -0.3 is 19.3 Å². The number of rotatable bonds is 7. The molecule has 2 aromatic carbocycles. The van der Waals surface area contributed by atoms with Gasteiger partial charge in [-0.1, -0.05) is 23.9 Å². The van der Waals surface area contributed by atoms with E-state index in [9.17, 15) is 9.59 Å². The van der Waals surface area contributed by atoms with Crippen LogP contribution in [0.2, 0.25) is 0 Å². The molecule has 1 aromatic heterocycles. The second-order valence-electron chi connectivity index (χ2n) is 7.89. The summed E-state index contributed by atoms with van der Waals surface area (Å²) in [5, 5.41) is 2.05. The van der Waals surface area contributed by atoms with E-state index >= 15 is 0 Å². The molecule has 9 heteroatoms. The highest BCUT2D eigenvalue weighted by molar-refractivity contribution is 8.00. The maximum atomic E-state index is 13.0. The van der Waals surface area contributed by atoms with Crippen LogP contribution in [0.5, 0.6) is 11.5 Å². The minimum Gasteiger partial charge on any atom is -0.497 e. The van der Waals surface area contributed by atoms with Gasteiger partial charge in [0.2, 0.25) is 0 Å². The SMILES string of the molecule is COc1ccc(C(=O)N2CCN(C(=O)c3ccc(CSc4nc(C)cs4)cc3)CC2)c(OC)c1. The van der Waals surface area contributed by atoms with E-state index in [0.29, 0.717) is 48.8 Å². The standard InChI is InChI=1S/C25H27N3O4S2/c1-17-15-33-25(26-17)34-16-18-4-6-19(7-5-18)23(29)27-10-12-28(13-11-27)24(30)21-9-8-20(31-2)14-22(21)32-3/h4-9,14-15H,10-13,16H2,1-3H3. The summed E-state index contributed by atoms with van der Waals surface area (Å²) < 4.78 is 11.6. The third-order valence-electron chi connectivity index (χ3n) is 5.65. The first-order valence-corrected chi connectivity index (χ1v) is 12.8. The van der Waals surface area contributed by atoms with Crippen LogP contribution in [0.3, 0.4) is 0 Å². The number of amides is 2. The molecule has 1 fully saturated rings. The Labute approximate surface area is 207 Å². The van der Waals surface area contributed by atoms with Crippen LogP contribution in [0.1, 0.15) is 32.0 Å². The molecule has 0 aliphatic carbocycles. The summed E-state index contributed by atoms with van der Waals surface area (Å²) in [5.41, 5.74) is 3.34. The lowest BCUT2D eigenvalue weighted by Crippen LogP contribution is -2.50. The summed E-state index contributed by atoms with van der Waals surface area (Å²) in [6.07, 6.45) is 0. The van der Waals surface area contributed by atoms with Gasteiger partial charge >= 0.3 is 0 Å². The number of benzene rings is 2. The van der Waals surface area contributed by atoms with Crippen molar-refractivity contribution in [3.8, 4) is 11.5 Å². The Hall–Kier alpha value is -3.04. The molecule has 1 saturated heterocycles. The fourth-order valence-electron chi connectivity index (χ4n) is 3.73. The van der Waals surface area contributed by atoms with Gasteiger partial charge in [0.15, 0.2) is 0 Å². The molecular formula is C25H27N3O4S2. The second kappa shape index (κ2) is 10.9. The minimum atomic E-state index is -0.108. The van der Waals surface area contributed by atoms with Crippen LogP contribution in [-0.4, -0.2) is 67.0 Å². The van der Waals surface area contributed by atoms with Gasteiger partial charge in [-0.3, -0.25) is 9.59 Å². The number of ether oxygens (including phenoxy) is 2. The first-order chi connectivity index (χ1) is 16.5. The number of hydrogen-bond donors (Lipinski definition) is 0. The molecule has 2 heterocycles. The van der Waals surface area contributed by atoms with Crippen LogP contribution >= 0.6 is 23.1 Å². The number of piperazine rings is 1. The van der Waals surface area contributed by atoms with Crippen molar-refractivity contribution in [1.29, 1.82) is 0 Å². The maximum absolute atomic E-state index is 13.0. The number of methoxy groups -OCH3 is 2. The van der Waals surface area contributed by atoms with E-state index < -0.39 is 0 Å². The van der Waals surface area contributed by atoms with Gasteiger partial charge in [0.05, 0.1) is 19.8 Å². The van der Waals surface area contributed by atoms with Crippen LogP contribution < -0.4 is 9.47 Å². The molecule has 3 aromatic rings. The van der Waals surface area contributed by atoms with Crippen LogP contribution in [0, 0.1) is 6.92 Å².